The fourth-order valence-corrected chi connectivity index (χ4v) is 5.72. The van der Waals surface area contributed by atoms with Crippen LogP contribution >= 0.6 is 11.3 Å². The number of hydrogen-bond donors (Lipinski definition) is 2. The van der Waals surface area contributed by atoms with E-state index in [4.69, 9.17) is 5.11 Å². The van der Waals surface area contributed by atoms with Crippen molar-refractivity contribution in [3.05, 3.63) is 17.0 Å². The third-order valence-corrected chi connectivity index (χ3v) is 7.35. The first-order valence-corrected chi connectivity index (χ1v) is 9.46. The van der Waals surface area contributed by atoms with Crippen LogP contribution in [0.3, 0.4) is 0 Å². The van der Waals surface area contributed by atoms with E-state index in [0.29, 0.717) is 16.7 Å². The highest BCUT2D eigenvalue weighted by atomic mass is 32.2. The minimum absolute atomic E-state index is 0.0232. The summed E-state index contributed by atoms with van der Waals surface area (Å²) >= 11 is 1.03. The van der Waals surface area contributed by atoms with Crippen LogP contribution in [0.1, 0.15) is 38.0 Å². The molecule has 0 spiro atoms. The second kappa shape index (κ2) is 6.46. The Bertz CT molecular complexity index is 608. The molecule has 3 unspecified atom stereocenters. The molecule has 1 saturated carbocycles. The summed E-state index contributed by atoms with van der Waals surface area (Å²) in [5.74, 6) is -0.0456. The monoisotopic (exact) mass is 331 g/mol. The Hall–Kier alpha value is -0.920. The van der Waals surface area contributed by atoms with E-state index in [-0.39, 0.29) is 16.7 Å². The minimum Gasteiger partial charge on any atom is -0.481 e. The molecule has 5 nitrogen and oxygen atoms in total. The van der Waals surface area contributed by atoms with Crippen molar-refractivity contribution in [3.8, 4) is 0 Å². The second-order valence-electron chi connectivity index (χ2n) is 5.62. The Kier molecular flexibility index (Phi) is 5.06. The van der Waals surface area contributed by atoms with Crippen LogP contribution in [0.5, 0.6) is 0 Å². The van der Waals surface area contributed by atoms with Crippen LogP contribution in [0.4, 0.5) is 0 Å². The van der Waals surface area contributed by atoms with Gasteiger partial charge in [0, 0.05) is 10.9 Å². The lowest BCUT2D eigenvalue weighted by Gasteiger charge is -2.20. The summed E-state index contributed by atoms with van der Waals surface area (Å²) in [5, 5.41) is 8.74. The molecular formula is C14H21NO4S2. The maximum atomic E-state index is 12.4. The third-order valence-electron chi connectivity index (χ3n) is 4.28. The summed E-state index contributed by atoms with van der Waals surface area (Å²) in [7, 11) is -3.55. The van der Waals surface area contributed by atoms with Crippen molar-refractivity contribution in [3.63, 3.8) is 0 Å². The predicted molar refractivity (Wildman–Crippen MR) is 81.9 cm³/mol. The van der Waals surface area contributed by atoms with Gasteiger partial charge >= 0.3 is 5.97 Å². The van der Waals surface area contributed by atoms with Crippen LogP contribution in [-0.2, 0) is 21.2 Å². The minimum atomic E-state index is -3.55. The molecule has 1 aliphatic carbocycles. The van der Waals surface area contributed by atoms with Gasteiger partial charge in [-0.05, 0) is 36.8 Å². The molecule has 1 heterocycles. The zero-order valence-corrected chi connectivity index (χ0v) is 13.8. The van der Waals surface area contributed by atoms with Crippen LogP contribution in [0.15, 0.2) is 16.3 Å². The number of sulfonamides is 1. The molecule has 3 atom stereocenters. The zero-order valence-electron chi connectivity index (χ0n) is 12.2. The van der Waals surface area contributed by atoms with E-state index in [1.54, 1.807) is 6.07 Å². The van der Waals surface area contributed by atoms with Gasteiger partial charge in [0.2, 0.25) is 10.0 Å². The smallest absolute Gasteiger partial charge is 0.308 e. The van der Waals surface area contributed by atoms with Gasteiger partial charge in [-0.25, -0.2) is 13.1 Å². The van der Waals surface area contributed by atoms with Gasteiger partial charge in [-0.3, -0.25) is 4.79 Å². The van der Waals surface area contributed by atoms with Gasteiger partial charge in [0.25, 0.3) is 0 Å². The Balaban J connectivity index is 2.08. The van der Waals surface area contributed by atoms with E-state index in [1.165, 1.54) is 6.07 Å². The quantitative estimate of drug-likeness (QED) is 0.839. The van der Waals surface area contributed by atoms with Crippen LogP contribution in [0.25, 0.3) is 0 Å². The molecule has 1 aromatic heterocycles. The summed E-state index contributed by atoms with van der Waals surface area (Å²) in [4.78, 5) is 11.2. The van der Waals surface area contributed by atoms with Gasteiger partial charge in [0.05, 0.1) is 6.42 Å². The van der Waals surface area contributed by atoms with Crippen molar-refractivity contribution in [1.29, 1.82) is 0 Å². The fourth-order valence-electron chi connectivity index (χ4n) is 2.99. The molecular weight excluding hydrogens is 310 g/mol. The highest BCUT2D eigenvalue weighted by molar-refractivity contribution is 7.91. The van der Waals surface area contributed by atoms with Gasteiger partial charge < -0.3 is 5.11 Å². The lowest BCUT2D eigenvalue weighted by molar-refractivity contribution is -0.136. The topological polar surface area (TPSA) is 83.5 Å². The normalized spacial score (nSPS) is 26.1. The molecule has 0 aromatic carbocycles. The molecule has 1 aliphatic rings. The molecule has 2 N–H and O–H groups in total. The number of carboxylic acid groups (broad SMARTS) is 1. The van der Waals surface area contributed by atoms with Crippen molar-refractivity contribution in [1.82, 2.24) is 4.72 Å². The summed E-state index contributed by atoms with van der Waals surface area (Å²) in [6.45, 7) is 4.23. The van der Waals surface area contributed by atoms with E-state index in [0.717, 1.165) is 30.6 Å². The van der Waals surface area contributed by atoms with Crippen LogP contribution < -0.4 is 4.72 Å². The first-order chi connectivity index (χ1) is 9.83. The molecule has 0 saturated heterocycles. The molecule has 21 heavy (non-hydrogen) atoms. The SMILES string of the molecule is CCC1CCC(NS(=O)(=O)c2ccc(CC(=O)O)s2)C1C. The van der Waals surface area contributed by atoms with Crippen LogP contribution in [-0.4, -0.2) is 25.5 Å². The average Bonchev–Trinajstić information content (AvgIpc) is 2.97. The molecule has 0 bridgehead atoms. The van der Waals surface area contributed by atoms with Gasteiger partial charge in [0.15, 0.2) is 0 Å². The number of carbonyl (C=O) groups is 1. The molecule has 1 fully saturated rings. The van der Waals surface area contributed by atoms with Crippen molar-refractivity contribution in [2.24, 2.45) is 11.8 Å². The van der Waals surface area contributed by atoms with E-state index in [9.17, 15) is 13.2 Å². The van der Waals surface area contributed by atoms with Gasteiger partial charge in [0.1, 0.15) is 4.21 Å². The maximum absolute atomic E-state index is 12.4. The number of aliphatic carboxylic acids is 1. The number of hydrogen-bond acceptors (Lipinski definition) is 4. The van der Waals surface area contributed by atoms with Crippen molar-refractivity contribution in [2.75, 3.05) is 0 Å². The average molecular weight is 331 g/mol. The van der Waals surface area contributed by atoms with Crippen LogP contribution in [0, 0.1) is 11.8 Å². The largest absolute Gasteiger partial charge is 0.481 e. The molecule has 0 aliphatic heterocycles. The third kappa shape index (κ3) is 3.84. The van der Waals surface area contributed by atoms with Crippen molar-refractivity contribution < 1.29 is 18.3 Å². The summed E-state index contributed by atoms with van der Waals surface area (Å²) in [5.41, 5.74) is 0. The Labute approximate surface area is 129 Å². The van der Waals surface area contributed by atoms with Gasteiger partial charge in [-0.1, -0.05) is 20.3 Å². The van der Waals surface area contributed by atoms with Gasteiger partial charge in [-0.15, -0.1) is 11.3 Å². The number of nitrogens with one attached hydrogen (secondary N) is 1. The first-order valence-electron chi connectivity index (χ1n) is 7.16. The second-order valence-corrected chi connectivity index (χ2v) is 8.73. The summed E-state index contributed by atoms with van der Waals surface area (Å²) < 4.78 is 27.7. The lowest BCUT2D eigenvalue weighted by atomic mass is 9.94. The Morgan fingerprint density at radius 1 is 1.43 bits per heavy atom. The van der Waals surface area contributed by atoms with Crippen LogP contribution in [0.2, 0.25) is 0 Å². The number of rotatable bonds is 6. The summed E-state index contributed by atoms with van der Waals surface area (Å²) in [6, 6.07) is 3.03. The standard InChI is InChI=1S/C14H21NO4S2/c1-3-10-4-6-12(9(10)2)15-21(18,19)14-7-5-11(20-14)8-13(16)17/h5,7,9-10,12,15H,3-4,6,8H2,1-2H3,(H,16,17). The Morgan fingerprint density at radius 3 is 2.71 bits per heavy atom. The van der Waals surface area contributed by atoms with E-state index < -0.39 is 16.0 Å². The molecule has 1 aromatic rings. The predicted octanol–water partition coefficient (Wildman–Crippen LogP) is 2.48. The highest BCUT2D eigenvalue weighted by Crippen LogP contribution is 2.35. The van der Waals surface area contributed by atoms with E-state index in [2.05, 4.69) is 18.6 Å². The lowest BCUT2D eigenvalue weighted by Crippen LogP contribution is -2.37. The zero-order chi connectivity index (χ0) is 15.6. The highest BCUT2D eigenvalue weighted by Gasteiger charge is 2.34. The maximum Gasteiger partial charge on any atom is 0.308 e. The summed E-state index contributed by atoms with van der Waals surface area (Å²) in [6.07, 6.45) is 2.85. The van der Waals surface area contributed by atoms with Crippen molar-refractivity contribution >= 4 is 27.3 Å². The number of carboxylic acids is 1. The van der Waals surface area contributed by atoms with Gasteiger partial charge in [-0.2, -0.15) is 0 Å². The Morgan fingerprint density at radius 2 is 2.14 bits per heavy atom. The molecule has 2 rings (SSSR count). The first kappa shape index (κ1) is 16.5. The molecule has 0 radical (unpaired) electrons. The van der Waals surface area contributed by atoms with E-state index >= 15 is 0 Å². The molecule has 118 valence electrons. The number of thiophene rings is 1. The van der Waals surface area contributed by atoms with E-state index in [1.807, 2.05) is 0 Å². The van der Waals surface area contributed by atoms with Crippen molar-refractivity contribution in [2.45, 2.75) is 49.8 Å². The fraction of sp³-hybridized carbons (Fsp3) is 0.643. The molecule has 7 heteroatoms. The molecule has 0 amide bonds.